The van der Waals surface area contributed by atoms with E-state index in [2.05, 4.69) is 38.0 Å². The molecular formula is C13H19F3N2. The van der Waals surface area contributed by atoms with Gasteiger partial charge in [-0.2, -0.15) is 13.2 Å². The monoisotopic (exact) mass is 260 g/mol. The summed E-state index contributed by atoms with van der Waals surface area (Å²) >= 11 is 0. The molecule has 0 aliphatic rings. The van der Waals surface area contributed by atoms with Gasteiger partial charge in [0.15, 0.2) is 0 Å². The van der Waals surface area contributed by atoms with Crippen LogP contribution < -0.4 is 5.32 Å². The minimum atomic E-state index is -4.33. The lowest BCUT2D eigenvalue weighted by Gasteiger charge is -2.29. The van der Waals surface area contributed by atoms with Gasteiger partial charge in [0.05, 0.1) is 5.56 Å². The minimum absolute atomic E-state index is 0.00405. The molecule has 2 nitrogen and oxygen atoms in total. The van der Waals surface area contributed by atoms with Gasteiger partial charge in [-0.25, -0.2) is 4.98 Å². The highest BCUT2D eigenvalue weighted by atomic mass is 19.4. The lowest BCUT2D eigenvalue weighted by molar-refractivity contribution is -0.137. The Morgan fingerprint density at radius 2 is 1.89 bits per heavy atom. The first-order chi connectivity index (χ1) is 8.13. The van der Waals surface area contributed by atoms with Crippen molar-refractivity contribution in [2.24, 2.45) is 11.3 Å². The van der Waals surface area contributed by atoms with Crippen LogP contribution in [0.15, 0.2) is 18.3 Å². The van der Waals surface area contributed by atoms with Crippen molar-refractivity contribution < 1.29 is 13.2 Å². The molecular weight excluding hydrogens is 241 g/mol. The minimum Gasteiger partial charge on any atom is -0.370 e. The third-order valence-electron chi connectivity index (χ3n) is 3.38. The fourth-order valence-electron chi connectivity index (χ4n) is 1.23. The zero-order valence-corrected chi connectivity index (χ0v) is 11.1. The van der Waals surface area contributed by atoms with Crippen LogP contribution in [0.2, 0.25) is 0 Å². The van der Waals surface area contributed by atoms with E-state index in [1.54, 1.807) is 0 Å². The van der Waals surface area contributed by atoms with Gasteiger partial charge >= 0.3 is 6.18 Å². The van der Waals surface area contributed by atoms with E-state index in [-0.39, 0.29) is 11.2 Å². The number of hydrogen-bond donors (Lipinski definition) is 1. The number of aromatic nitrogens is 1. The Bertz CT molecular complexity index is 397. The summed E-state index contributed by atoms with van der Waals surface area (Å²) in [5.74, 6) is 0.689. The second-order valence-electron chi connectivity index (χ2n) is 5.42. The number of nitrogens with one attached hydrogen (secondary N) is 1. The maximum absolute atomic E-state index is 12.5. The Balaban J connectivity index is 2.75. The van der Waals surface area contributed by atoms with Gasteiger partial charge in [0, 0.05) is 12.7 Å². The Morgan fingerprint density at radius 1 is 1.28 bits per heavy atom. The smallest absolute Gasteiger partial charge is 0.370 e. The van der Waals surface area contributed by atoms with Crippen LogP contribution >= 0.6 is 0 Å². The van der Waals surface area contributed by atoms with Crippen molar-refractivity contribution in [2.75, 3.05) is 11.9 Å². The molecule has 1 N–H and O–H groups in total. The van der Waals surface area contributed by atoms with Gasteiger partial charge in [-0.05, 0) is 23.5 Å². The summed E-state index contributed by atoms with van der Waals surface area (Å²) in [5, 5.41) is 2.97. The zero-order chi connectivity index (χ0) is 14.0. The molecule has 1 aromatic heterocycles. The number of rotatable bonds is 4. The van der Waals surface area contributed by atoms with Gasteiger partial charge in [-0.1, -0.05) is 27.7 Å². The predicted octanol–water partition coefficient (Wildman–Crippen LogP) is 4.19. The first kappa shape index (κ1) is 14.8. The Labute approximate surface area is 106 Å². The first-order valence-corrected chi connectivity index (χ1v) is 5.90. The summed E-state index contributed by atoms with van der Waals surface area (Å²) in [6.45, 7) is 8.89. The standard InChI is InChI=1S/C13H19F3N2/c1-9(2)12(3,4)8-18-11-7-10(5-6-17-11)13(14,15)16/h5-7,9H,8H2,1-4H3,(H,17,18). The van der Waals surface area contributed by atoms with Gasteiger partial charge in [0.25, 0.3) is 0 Å². The van der Waals surface area contributed by atoms with Crippen LogP contribution in [0.1, 0.15) is 33.3 Å². The average Bonchev–Trinajstić information content (AvgIpc) is 2.25. The molecule has 1 aromatic rings. The third kappa shape index (κ3) is 3.89. The quantitative estimate of drug-likeness (QED) is 0.877. The molecule has 0 aliphatic carbocycles. The van der Waals surface area contributed by atoms with Crippen molar-refractivity contribution in [1.29, 1.82) is 0 Å². The second-order valence-corrected chi connectivity index (χ2v) is 5.42. The SMILES string of the molecule is CC(C)C(C)(C)CNc1cc(C(F)(F)F)ccn1. The molecule has 5 heteroatoms. The maximum Gasteiger partial charge on any atom is 0.416 e. The Hall–Kier alpha value is -1.26. The molecule has 0 atom stereocenters. The van der Waals surface area contributed by atoms with Gasteiger partial charge in [0.2, 0.25) is 0 Å². The number of anilines is 1. The average molecular weight is 260 g/mol. The Morgan fingerprint density at radius 3 is 2.39 bits per heavy atom. The van der Waals surface area contributed by atoms with Crippen molar-refractivity contribution in [1.82, 2.24) is 4.98 Å². The summed E-state index contributed by atoms with van der Waals surface area (Å²) < 4.78 is 37.5. The summed E-state index contributed by atoms with van der Waals surface area (Å²) in [6, 6.07) is 2.01. The van der Waals surface area contributed by atoms with Crippen molar-refractivity contribution in [3.05, 3.63) is 23.9 Å². The van der Waals surface area contributed by atoms with Gasteiger partial charge in [0.1, 0.15) is 5.82 Å². The van der Waals surface area contributed by atoms with Crippen molar-refractivity contribution in [3.8, 4) is 0 Å². The van der Waals surface area contributed by atoms with Gasteiger partial charge in [-0.15, -0.1) is 0 Å². The van der Waals surface area contributed by atoms with Crippen LogP contribution in [0, 0.1) is 11.3 Å². The maximum atomic E-state index is 12.5. The van der Waals surface area contributed by atoms with Crippen LogP contribution in [-0.4, -0.2) is 11.5 Å². The first-order valence-electron chi connectivity index (χ1n) is 5.90. The summed E-state index contributed by atoms with van der Waals surface area (Å²) in [5.41, 5.74) is -0.682. The summed E-state index contributed by atoms with van der Waals surface area (Å²) in [6.07, 6.45) is -3.15. The van der Waals surface area contributed by atoms with Crippen LogP contribution in [-0.2, 0) is 6.18 Å². The molecule has 0 unspecified atom stereocenters. The lowest BCUT2D eigenvalue weighted by atomic mass is 9.81. The van der Waals surface area contributed by atoms with E-state index >= 15 is 0 Å². The molecule has 0 aromatic carbocycles. The number of halogens is 3. The third-order valence-corrected chi connectivity index (χ3v) is 3.38. The topological polar surface area (TPSA) is 24.9 Å². The number of alkyl halides is 3. The number of nitrogens with zero attached hydrogens (tertiary/aromatic N) is 1. The summed E-state index contributed by atoms with van der Waals surface area (Å²) in [7, 11) is 0. The largest absolute Gasteiger partial charge is 0.416 e. The lowest BCUT2D eigenvalue weighted by Crippen LogP contribution is -2.28. The van der Waals surface area contributed by atoms with E-state index in [1.807, 2.05) is 0 Å². The van der Waals surface area contributed by atoms with E-state index in [0.29, 0.717) is 12.5 Å². The van der Waals surface area contributed by atoms with E-state index in [9.17, 15) is 13.2 Å². The summed E-state index contributed by atoms with van der Waals surface area (Å²) in [4.78, 5) is 3.90. The number of hydrogen-bond acceptors (Lipinski definition) is 2. The normalized spacial score (nSPS) is 12.9. The highest BCUT2D eigenvalue weighted by Gasteiger charge is 2.31. The van der Waals surface area contributed by atoms with Crippen molar-refractivity contribution in [2.45, 2.75) is 33.9 Å². The van der Waals surface area contributed by atoms with Crippen LogP contribution in [0.5, 0.6) is 0 Å². The molecule has 1 rings (SSSR count). The van der Waals surface area contributed by atoms with Gasteiger partial charge < -0.3 is 5.32 Å². The van der Waals surface area contributed by atoms with Crippen LogP contribution in [0.25, 0.3) is 0 Å². The molecule has 102 valence electrons. The van der Waals surface area contributed by atoms with Crippen LogP contribution in [0.4, 0.5) is 19.0 Å². The second kappa shape index (κ2) is 5.16. The van der Waals surface area contributed by atoms with E-state index in [1.165, 1.54) is 6.20 Å². The molecule has 1 heterocycles. The molecule has 0 amide bonds. The highest BCUT2D eigenvalue weighted by Crippen LogP contribution is 2.30. The molecule has 0 saturated heterocycles. The van der Waals surface area contributed by atoms with Crippen molar-refractivity contribution >= 4 is 5.82 Å². The molecule has 0 bridgehead atoms. The molecule has 0 spiro atoms. The van der Waals surface area contributed by atoms with E-state index in [4.69, 9.17) is 0 Å². The molecule has 0 fully saturated rings. The van der Waals surface area contributed by atoms with Gasteiger partial charge in [-0.3, -0.25) is 0 Å². The molecule has 0 aliphatic heterocycles. The predicted molar refractivity (Wildman–Crippen MR) is 66.3 cm³/mol. The van der Waals surface area contributed by atoms with Crippen molar-refractivity contribution in [3.63, 3.8) is 0 Å². The Kier molecular flexibility index (Phi) is 4.24. The molecule has 0 saturated carbocycles. The fourth-order valence-corrected chi connectivity index (χ4v) is 1.23. The zero-order valence-electron chi connectivity index (χ0n) is 11.1. The van der Waals surface area contributed by atoms with Crippen LogP contribution in [0.3, 0.4) is 0 Å². The molecule has 18 heavy (non-hydrogen) atoms. The van der Waals surface area contributed by atoms with E-state index < -0.39 is 11.7 Å². The number of pyridine rings is 1. The molecule has 0 radical (unpaired) electrons. The fraction of sp³-hybridized carbons (Fsp3) is 0.615. The highest BCUT2D eigenvalue weighted by molar-refractivity contribution is 5.38. The van der Waals surface area contributed by atoms with E-state index in [0.717, 1.165) is 12.1 Å².